The molecule has 0 spiro atoms. The van der Waals surface area contributed by atoms with Crippen molar-refractivity contribution in [2.75, 3.05) is 0 Å². The zero-order valence-electron chi connectivity index (χ0n) is 11.9. The van der Waals surface area contributed by atoms with E-state index in [0.717, 1.165) is 25.0 Å². The molecule has 1 rings (SSSR count). The van der Waals surface area contributed by atoms with Crippen LogP contribution in [0.25, 0.3) is 0 Å². The summed E-state index contributed by atoms with van der Waals surface area (Å²) in [6, 6.07) is -0.438. The fourth-order valence-corrected chi connectivity index (χ4v) is 1.87. The number of hydrogen-bond donors (Lipinski definition) is 0. The fourth-order valence-electron chi connectivity index (χ4n) is 1.87. The van der Waals surface area contributed by atoms with Crippen LogP contribution in [0.5, 0.6) is 0 Å². The first-order valence-electron chi connectivity index (χ1n) is 6.53. The van der Waals surface area contributed by atoms with Crippen LogP contribution in [0.3, 0.4) is 0 Å². The van der Waals surface area contributed by atoms with Crippen LogP contribution >= 0.6 is 0 Å². The van der Waals surface area contributed by atoms with Crippen molar-refractivity contribution in [3.05, 3.63) is 11.8 Å². The molecule has 1 amide bonds. The Morgan fingerprint density at radius 1 is 1.44 bits per heavy atom. The molecule has 0 aromatic heterocycles. The molecule has 0 aliphatic carbocycles. The van der Waals surface area contributed by atoms with Gasteiger partial charge in [0, 0.05) is 11.8 Å². The Morgan fingerprint density at radius 2 is 2.06 bits per heavy atom. The van der Waals surface area contributed by atoms with E-state index in [1.54, 1.807) is 13.0 Å². The van der Waals surface area contributed by atoms with E-state index in [1.807, 2.05) is 20.8 Å². The van der Waals surface area contributed by atoms with E-state index in [0.29, 0.717) is 0 Å². The summed E-state index contributed by atoms with van der Waals surface area (Å²) in [5.74, 6) is -0.0213. The minimum atomic E-state index is -0.543. The van der Waals surface area contributed by atoms with Crippen molar-refractivity contribution in [2.45, 2.75) is 65.5 Å². The number of nitrogens with zero attached hydrogens (tertiary/aromatic N) is 1. The summed E-state index contributed by atoms with van der Waals surface area (Å²) in [6.45, 7) is 9.29. The van der Waals surface area contributed by atoms with E-state index in [2.05, 4.69) is 6.92 Å². The first-order valence-corrected chi connectivity index (χ1v) is 6.53. The van der Waals surface area contributed by atoms with E-state index in [4.69, 9.17) is 4.74 Å². The van der Waals surface area contributed by atoms with Gasteiger partial charge in [0.25, 0.3) is 0 Å². The van der Waals surface area contributed by atoms with Gasteiger partial charge in [0.15, 0.2) is 5.78 Å². The first kappa shape index (κ1) is 14.7. The van der Waals surface area contributed by atoms with Crippen LogP contribution in [0.2, 0.25) is 0 Å². The number of unbranched alkanes of at least 4 members (excludes halogenated alkanes) is 1. The zero-order chi connectivity index (χ0) is 13.9. The number of rotatable bonds is 3. The van der Waals surface area contributed by atoms with Gasteiger partial charge in [-0.05, 0) is 40.5 Å². The summed E-state index contributed by atoms with van der Waals surface area (Å²) in [7, 11) is 0. The van der Waals surface area contributed by atoms with Crippen molar-refractivity contribution in [1.82, 2.24) is 4.90 Å². The Bertz CT molecular complexity index is 366. The molecule has 0 saturated carbocycles. The molecule has 0 radical (unpaired) electrons. The van der Waals surface area contributed by atoms with E-state index in [1.165, 1.54) is 4.90 Å². The maximum Gasteiger partial charge on any atom is 0.415 e. The maximum absolute atomic E-state index is 12.1. The highest BCUT2D eigenvalue weighted by molar-refractivity contribution is 6.00. The second-order valence-corrected chi connectivity index (χ2v) is 5.67. The number of ether oxygens (including phenoxy) is 1. The lowest BCUT2D eigenvalue weighted by molar-refractivity contribution is -0.117. The lowest BCUT2D eigenvalue weighted by atomic mass is 10.2. The largest absolute Gasteiger partial charge is 0.443 e. The molecule has 18 heavy (non-hydrogen) atoms. The molecular formula is C14H23NO3. The average molecular weight is 253 g/mol. The molecule has 1 aliphatic heterocycles. The van der Waals surface area contributed by atoms with Gasteiger partial charge in [-0.3, -0.25) is 9.69 Å². The minimum absolute atomic E-state index is 0.0213. The maximum atomic E-state index is 12.1. The normalized spacial score (nSPS) is 20.1. The summed E-state index contributed by atoms with van der Waals surface area (Å²) in [5, 5.41) is 0. The highest BCUT2D eigenvalue weighted by Crippen LogP contribution is 2.26. The number of allylic oxidation sites excluding steroid dienone is 1. The van der Waals surface area contributed by atoms with Gasteiger partial charge in [-0.1, -0.05) is 13.3 Å². The third-order valence-electron chi connectivity index (χ3n) is 2.79. The summed E-state index contributed by atoms with van der Waals surface area (Å²) in [6.07, 6.45) is 3.88. The number of carbonyl (C=O) groups excluding carboxylic acids is 2. The Hall–Kier alpha value is -1.32. The van der Waals surface area contributed by atoms with Crippen molar-refractivity contribution in [3.8, 4) is 0 Å². The number of amides is 1. The molecule has 1 aliphatic rings. The summed E-state index contributed by atoms with van der Waals surface area (Å²) in [5.41, 5.74) is 0.238. The molecule has 0 saturated heterocycles. The average Bonchev–Trinajstić information content (AvgIpc) is 2.49. The molecule has 4 heteroatoms. The molecule has 4 nitrogen and oxygen atoms in total. The molecule has 0 aromatic carbocycles. The highest BCUT2D eigenvalue weighted by atomic mass is 16.6. The van der Waals surface area contributed by atoms with E-state index in [-0.39, 0.29) is 5.78 Å². The summed E-state index contributed by atoms with van der Waals surface area (Å²) >= 11 is 0. The SMILES string of the molecule is CCCCC1=CC(=O)[C@H](C)N1C(=O)OC(C)(C)C. The Morgan fingerprint density at radius 3 is 2.56 bits per heavy atom. The first-order chi connectivity index (χ1) is 8.26. The third-order valence-corrected chi connectivity index (χ3v) is 2.79. The Balaban J connectivity index is 2.80. The van der Waals surface area contributed by atoms with E-state index >= 15 is 0 Å². The smallest absolute Gasteiger partial charge is 0.415 e. The molecule has 0 bridgehead atoms. The highest BCUT2D eigenvalue weighted by Gasteiger charge is 2.36. The monoisotopic (exact) mass is 253 g/mol. The van der Waals surface area contributed by atoms with Crippen molar-refractivity contribution >= 4 is 11.9 Å². The third kappa shape index (κ3) is 3.59. The Kier molecular flexibility index (Phi) is 4.54. The molecule has 1 heterocycles. The minimum Gasteiger partial charge on any atom is -0.443 e. The molecular weight excluding hydrogens is 230 g/mol. The lowest BCUT2D eigenvalue weighted by Gasteiger charge is -2.28. The van der Waals surface area contributed by atoms with Gasteiger partial charge >= 0.3 is 6.09 Å². The fraction of sp³-hybridized carbons (Fsp3) is 0.714. The van der Waals surface area contributed by atoms with Crippen LogP contribution in [0, 0.1) is 0 Å². The predicted octanol–water partition coefficient (Wildman–Crippen LogP) is 3.27. The molecule has 0 unspecified atom stereocenters. The summed E-state index contributed by atoms with van der Waals surface area (Å²) in [4.78, 5) is 25.3. The Labute approximate surface area is 109 Å². The van der Waals surface area contributed by atoms with Crippen LogP contribution < -0.4 is 0 Å². The molecule has 0 aromatic rings. The van der Waals surface area contributed by atoms with Crippen molar-refractivity contribution in [3.63, 3.8) is 0 Å². The predicted molar refractivity (Wildman–Crippen MR) is 70.2 cm³/mol. The molecule has 102 valence electrons. The molecule has 0 fully saturated rings. The number of ketones is 1. The summed E-state index contributed by atoms with van der Waals surface area (Å²) < 4.78 is 5.34. The van der Waals surface area contributed by atoms with Gasteiger partial charge in [-0.2, -0.15) is 0 Å². The van der Waals surface area contributed by atoms with Gasteiger partial charge < -0.3 is 4.74 Å². The van der Waals surface area contributed by atoms with Crippen LogP contribution in [-0.2, 0) is 9.53 Å². The van der Waals surface area contributed by atoms with Gasteiger partial charge in [0.2, 0.25) is 0 Å². The molecule has 0 N–H and O–H groups in total. The number of hydrogen-bond acceptors (Lipinski definition) is 3. The van der Waals surface area contributed by atoms with Gasteiger partial charge in [-0.25, -0.2) is 4.79 Å². The zero-order valence-corrected chi connectivity index (χ0v) is 11.9. The number of carbonyl (C=O) groups is 2. The van der Waals surface area contributed by atoms with Gasteiger partial charge in [0.05, 0.1) is 6.04 Å². The second-order valence-electron chi connectivity index (χ2n) is 5.67. The van der Waals surface area contributed by atoms with E-state index < -0.39 is 17.7 Å². The van der Waals surface area contributed by atoms with Gasteiger partial charge in [-0.15, -0.1) is 0 Å². The van der Waals surface area contributed by atoms with Crippen molar-refractivity contribution in [1.29, 1.82) is 0 Å². The topological polar surface area (TPSA) is 46.6 Å². The van der Waals surface area contributed by atoms with E-state index in [9.17, 15) is 9.59 Å². The van der Waals surface area contributed by atoms with Crippen LogP contribution in [0.15, 0.2) is 11.8 Å². The van der Waals surface area contributed by atoms with Crippen LogP contribution in [-0.4, -0.2) is 28.4 Å². The van der Waals surface area contributed by atoms with Crippen molar-refractivity contribution in [2.24, 2.45) is 0 Å². The van der Waals surface area contributed by atoms with Gasteiger partial charge in [0.1, 0.15) is 5.60 Å². The molecule has 1 atom stereocenters. The van der Waals surface area contributed by atoms with Crippen LogP contribution in [0.4, 0.5) is 4.79 Å². The lowest BCUT2D eigenvalue weighted by Crippen LogP contribution is -2.40. The second kappa shape index (κ2) is 5.55. The standard InChI is InChI=1S/C14H23NO3/c1-6-7-8-11-9-12(16)10(2)15(11)13(17)18-14(3,4)5/h9-10H,6-8H2,1-5H3/t10-/m0/s1. The quantitative estimate of drug-likeness (QED) is 0.775. The van der Waals surface area contributed by atoms with Crippen molar-refractivity contribution < 1.29 is 14.3 Å². The van der Waals surface area contributed by atoms with Crippen LogP contribution in [0.1, 0.15) is 53.9 Å².